The molecular formula is C19H36O2. The molecular weight excluding hydrogens is 260 g/mol. The van der Waals surface area contributed by atoms with Crippen molar-refractivity contribution in [3.63, 3.8) is 0 Å². The molecule has 0 bridgehead atoms. The molecule has 2 heteroatoms. The first-order chi connectivity index (χ1) is 10.3. The molecule has 0 atom stereocenters. The molecule has 0 aromatic rings. The highest BCUT2D eigenvalue weighted by Gasteiger charge is 1.96. The van der Waals surface area contributed by atoms with E-state index in [1.165, 1.54) is 83.1 Å². The van der Waals surface area contributed by atoms with Gasteiger partial charge in [-0.15, -0.1) is 0 Å². The second-order valence-electron chi connectivity index (χ2n) is 5.91. The third-order valence-corrected chi connectivity index (χ3v) is 3.79. The zero-order valence-electron chi connectivity index (χ0n) is 14.4. The molecule has 2 nitrogen and oxygen atoms in total. The molecule has 0 N–H and O–H groups in total. The van der Waals surface area contributed by atoms with Crippen LogP contribution >= 0.6 is 0 Å². The first-order valence-corrected chi connectivity index (χ1v) is 9.10. The van der Waals surface area contributed by atoms with Gasteiger partial charge in [-0.3, -0.25) is 0 Å². The van der Waals surface area contributed by atoms with Crippen molar-refractivity contribution in [2.75, 3.05) is 6.61 Å². The topological polar surface area (TPSA) is 26.3 Å². The number of esters is 1. The number of carbonyl (C=O) groups is 1. The predicted molar refractivity (Wildman–Crippen MR) is 91.5 cm³/mol. The lowest BCUT2D eigenvalue weighted by atomic mass is 10.0. The largest absolute Gasteiger partial charge is 0.463 e. The highest BCUT2D eigenvalue weighted by molar-refractivity contribution is 5.81. The Morgan fingerprint density at radius 1 is 0.762 bits per heavy atom. The van der Waals surface area contributed by atoms with Crippen LogP contribution in [0, 0.1) is 0 Å². The highest BCUT2D eigenvalue weighted by atomic mass is 16.5. The van der Waals surface area contributed by atoms with Gasteiger partial charge in [-0.2, -0.15) is 0 Å². The van der Waals surface area contributed by atoms with Gasteiger partial charge >= 0.3 is 5.97 Å². The molecule has 0 unspecified atom stereocenters. The van der Waals surface area contributed by atoms with Gasteiger partial charge in [0.1, 0.15) is 0 Å². The van der Waals surface area contributed by atoms with E-state index in [9.17, 15) is 4.79 Å². The number of carbonyl (C=O) groups excluding carboxylic acids is 1. The van der Waals surface area contributed by atoms with Crippen molar-refractivity contribution in [1.82, 2.24) is 0 Å². The molecule has 0 spiro atoms. The van der Waals surface area contributed by atoms with Crippen LogP contribution in [-0.4, -0.2) is 12.6 Å². The Kier molecular flexibility index (Phi) is 16.6. The first kappa shape index (κ1) is 20.2. The molecule has 0 radical (unpaired) electrons. The molecule has 0 saturated carbocycles. The smallest absolute Gasteiger partial charge is 0.330 e. The third-order valence-electron chi connectivity index (χ3n) is 3.79. The van der Waals surface area contributed by atoms with Crippen molar-refractivity contribution < 1.29 is 9.53 Å². The fraction of sp³-hybridized carbons (Fsp3) is 0.842. The third kappa shape index (κ3) is 17.2. The summed E-state index contributed by atoms with van der Waals surface area (Å²) in [6, 6.07) is 0. The van der Waals surface area contributed by atoms with Gasteiger partial charge in [0.05, 0.1) is 6.61 Å². The maximum atomic E-state index is 11.1. The molecule has 0 aliphatic heterocycles. The Morgan fingerprint density at radius 2 is 1.19 bits per heavy atom. The summed E-state index contributed by atoms with van der Waals surface area (Å²) in [6.45, 7) is 4.67. The lowest BCUT2D eigenvalue weighted by Gasteiger charge is -2.03. The molecule has 0 amide bonds. The van der Waals surface area contributed by atoms with Crippen LogP contribution in [0.25, 0.3) is 0 Å². The number of rotatable bonds is 15. The molecule has 0 saturated heterocycles. The quantitative estimate of drug-likeness (QED) is 0.204. The van der Waals surface area contributed by atoms with E-state index in [2.05, 4.69) is 6.92 Å². The Morgan fingerprint density at radius 3 is 1.62 bits per heavy atom. The monoisotopic (exact) mass is 296 g/mol. The van der Waals surface area contributed by atoms with Gasteiger partial charge in [-0.1, -0.05) is 90.0 Å². The van der Waals surface area contributed by atoms with E-state index in [1.54, 1.807) is 6.08 Å². The lowest BCUT2D eigenvalue weighted by Crippen LogP contribution is -2.01. The van der Waals surface area contributed by atoms with E-state index in [0.717, 1.165) is 6.42 Å². The molecule has 124 valence electrons. The maximum absolute atomic E-state index is 11.1. The molecule has 0 aromatic heterocycles. The summed E-state index contributed by atoms with van der Waals surface area (Å²) in [6.07, 6.45) is 20.6. The van der Waals surface area contributed by atoms with Crippen LogP contribution < -0.4 is 0 Å². The van der Waals surface area contributed by atoms with E-state index in [-0.39, 0.29) is 5.97 Å². The zero-order valence-corrected chi connectivity index (χ0v) is 14.4. The Balaban J connectivity index is 3.04. The Bertz CT molecular complexity index is 246. The van der Waals surface area contributed by atoms with E-state index in [4.69, 9.17) is 4.74 Å². The van der Waals surface area contributed by atoms with Crippen LogP contribution in [0.1, 0.15) is 97.3 Å². The SMILES string of the molecule is CC=CC(=O)OCCCCCCCCCCCCCCC. The van der Waals surface area contributed by atoms with Gasteiger partial charge in [0.2, 0.25) is 0 Å². The van der Waals surface area contributed by atoms with E-state index in [0.29, 0.717) is 6.61 Å². The van der Waals surface area contributed by atoms with Gasteiger partial charge in [0, 0.05) is 6.08 Å². The van der Waals surface area contributed by atoms with E-state index >= 15 is 0 Å². The summed E-state index contributed by atoms with van der Waals surface area (Å²) in [5, 5.41) is 0. The molecule has 0 aliphatic rings. The van der Waals surface area contributed by atoms with Crippen molar-refractivity contribution in [2.45, 2.75) is 97.3 Å². The number of unbranched alkanes of at least 4 members (excludes halogenated alkanes) is 12. The highest BCUT2D eigenvalue weighted by Crippen LogP contribution is 2.12. The number of allylic oxidation sites excluding steroid dienone is 1. The molecule has 0 fully saturated rings. The van der Waals surface area contributed by atoms with Crippen LogP contribution in [0.2, 0.25) is 0 Å². The van der Waals surface area contributed by atoms with Crippen molar-refractivity contribution in [3.8, 4) is 0 Å². The summed E-state index contributed by atoms with van der Waals surface area (Å²) in [7, 11) is 0. The Labute approximate surface area is 132 Å². The second-order valence-corrected chi connectivity index (χ2v) is 5.91. The summed E-state index contributed by atoms with van der Waals surface area (Å²) in [4.78, 5) is 11.1. The van der Waals surface area contributed by atoms with Crippen LogP contribution in [0.5, 0.6) is 0 Å². The number of ether oxygens (including phenoxy) is 1. The van der Waals surface area contributed by atoms with Gasteiger partial charge in [0.25, 0.3) is 0 Å². The lowest BCUT2D eigenvalue weighted by molar-refractivity contribution is -0.137. The minimum atomic E-state index is -0.212. The van der Waals surface area contributed by atoms with Crippen LogP contribution in [-0.2, 0) is 9.53 Å². The average molecular weight is 296 g/mol. The zero-order chi connectivity index (χ0) is 15.6. The van der Waals surface area contributed by atoms with Crippen molar-refractivity contribution in [2.24, 2.45) is 0 Å². The molecule has 21 heavy (non-hydrogen) atoms. The molecule has 0 aliphatic carbocycles. The van der Waals surface area contributed by atoms with Crippen LogP contribution in [0.15, 0.2) is 12.2 Å². The van der Waals surface area contributed by atoms with Crippen LogP contribution in [0.3, 0.4) is 0 Å². The van der Waals surface area contributed by atoms with E-state index in [1.807, 2.05) is 6.92 Å². The van der Waals surface area contributed by atoms with Gasteiger partial charge in [-0.25, -0.2) is 4.79 Å². The van der Waals surface area contributed by atoms with Crippen molar-refractivity contribution >= 4 is 5.97 Å². The normalized spacial score (nSPS) is 11.1. The summed E-state index contributed by atoms with van der Waals surface area (Å²) < 4.78 is 5.06. The Hall–Kier alpha value is -0.790. The minimum absolute atomic E-state index is 0.212. The molecule has 0 aromatic carbocycles. The fourth-order valence-electron chi connectivity index (χ4n) is 2.48. The maximum Gasteiger partial charge on any atom is 0.330 e. The standard InChI is InChI=1S/C19H36O2/c1-3-5-6-7-8-9-10-11-12-13-14-15-16-18-21-19(20)17-4-2/h4,17H,3,5-16,18H2,1-2H3. The second kappa shape index (κ2) is 17.3. The summed E-state index contributed by atoms with van der Waals surface area (Å²) >= 11 is 0. The molecule has 0 heterocycles. The van der Waals surface area contributed by atoms with Crippen LogP contribution in [0.4, 0.5) is 0 Å². The van der Waals surface area contributed by atoms with Crippen molar-refractivity contribution in [1.29, 1.82) is 0 Å². The number of hydrogen-bond acceptors (Lipinski definition) is 2. The van der Waals surface area contributed by atoms with E-state index < -0.39 is 0 Å². The van der Waals surface area contributed by atoms with Gasteiger partial charge in [0.15, 0.2) is 0 Å². The van der Waals surface area contributed by atoms with Crippen molar-refractivity contribution in [3.05, 3.63) is 12.2 Å². The predicted octanol–water partition coefficient (Wildman–Crippen LogP) is 6.20. The fourth-order valence-corrected chi connectivity index (χ4v) is 2.48. The number of hydrogen-bond donors (Lipinski definition) is 0. The summed E-state index contributed by atoms with van der Waals surface area (Å²) in [5.74, 6) is -0.212. The first-order valence-electron chi connectivity index (χ1n) is 9.10. The van der Waals surface area contributed by atoms with Gasteiger partial charge in [-0.05, 0) is 13.3 Å². The van der Waals surface area contributed by atoms with Gasteiger partial charge < -0.3 is 4.74 Å². The summed E-state index contributed by atoms with van der Waals surface area (Å²) in [5.41, 5.74) is 0. The molecule has 0 rings (SSSR count). The average Bonchev–Trinajstić information content (AvgIpc) is 2.48. The minimum Gasteiger partial charge on any atom is -0.463 e.